The summed E-state index contributed by atoms with van der Waals surface area (Å²) in [5.41, 5.74) is 1.65. The Bertz CT molecular complexity index is 723. The highest BCUT2D eigenvalue weighted by Gasteiger charge is 2.23. The molecular formula is C23H37NO4. The molecule has 5 heteroatoms. The van der Waals surface area contributed by atoms with E-state index in [1.807, 2.05) is 20.8 Å². The van der Waals surface area contributed by atoms with Crippen molar-refractivity contribution < 1.29 is 15.3 Å². The molecular weight excluding hydrogens is 354 g/mol. The second-order valence-electron chi connectivity index (χ2n) is 8.88. The van der Waals surface area contributed by atoms with E-state index in [2.05, 4.69) is 11.8 Å². The quantitative estimate of drug-likeness (QED) is 0.734. The standard InChI is InChI=1S/C13H16O3.C10H21NO/c1-7-3-4-9-10(5-7)8(2)6-11(14)13(16)12(9)15;1-3-10(2,12)9-11-7-5-4-6-8-11/h6-7H,3-5H2,1-2H3,(H2,14,15,16);12H,3-9H2,1-2H3. The number of piperidine rings is 1. The number of aromatic hydroxyl groups is 2. The van der Waals surface area contributed by atoms with E-state index in [-0.39, 0.29) is 5.75 Å². The summed E-state index contributed by atoms with van der Waals surface area (Å²) < 4.78 is 0. The molecule has 3 rings (SSSR count). The Balaban J connectivity index is 0.000000209. The fourth-order valence-electron chi connectivity index (χ4n) is 4.10. The van der Waals surface area contributed by atoms with Crippen molar-refractivity contribution in [1.82, 2.24) is 4.90 Å². The zero-order valence-electron chi connectivity index (χ0n) is 17.9. The number of rotatable bonds is 3. The second kappa shape index (κ2) is 9.75. The van der Waals surface area contributed by atoms with Crippen molar-refractivity contribution in [2.24, 2.45) is 5.92 Å². The molecule has 0 saturated carbocycles. The van der Waals surface area contributed by atoms with Gasteiger partial charge in [0.15, 0.2) is 5.75 Å². The number of nitrogens with zero attached hydrogens (tertiary/aromatic N) is 1. The zero-order valence-corrected chi connectivity index (χ0v) is 17.9. The maximum atomic E-state index is 11.5. The molecule has 2 atom stereocenters. The normalized spacial score (nSPS) is 21.8. The third-order valence-electron chi connectivity index (χ3n) is 6.15. The highest BCUT2D eigenvalue weighted by molar-refractivity contribution is 5.50. The number of aliphatic hydroxyl groups is 1. The van der Waals surface area contributed by atoms with Crippen LogP contribution in [0.15, 0.2) is 10.9 Å². The van der Waals surface area contributed by atoms with Crippen molar-refractivity contribution >= 4 is 0 Å². The molecule has 2 unspecified atom stereocenters. The molecule has 1 heterocycles. The summed E-state index contributed by atoms with van der Waals surface area (Å²) >= 11 is 0. The van der Waals surface area contributed by atoms with Crippen LogP contribution in [0.2, 0.25) is 0 Å². The number of fused-ring (bicyclic) bond motifs is 1. The minimum absolute atomic E-state index is 0.222. The van der Waals surface area contributed by atoms with E-state index in [1.54, 1.807) is 0 Å². The first-order chi connectivity index (χ1) is 13.1. The average Bonchev–Trinajstić information content (AvgIpc) is 2.74. The van der Waals surface area contributed by atoms with Gasteiger partial charge in [0.2, 0.25) is 11.2 Å². The Morgan fingerprint density at radius 1 is 1.14 bits per heavy atom. The first-order valence-electron chi connectivity index (χ1n) is 10.7. The second-order valence-corrected chi connectivity index (χ2v) is 8.88. The van der Waals surface area contributed by atoms with Gasteiger partial charge in [-0.2, -0.15) is 0 Å². The van der Waals surface area contributed by atoms with Crippen molar-refractivity contribution in [3.05, 3.63) is 33.0 Å². The molecule has 1 aliphatic carbocycles. The minimum atomic E-state index is -0.515. The predicted octanol–water partition coefficient (Wildman–Crippen LogP) is 3.52. The molecule has 0 amide bonds. The predicted molar refractivity (Wildman–Crippen MR) is 113 cm³/mol. The van der Waals surface area contributed by atoms with Gasteiger partial charge in [-0.15, -0.1) is 0 Å². The van der Waals surface area contributed by atoms with Gasteiger partial charge in [-0.25, -0.2) is 0 Å². The van der Waals surface area contributed by atoms with Gasteiger partial charge in [0.05, 0.1) is 5.60 Å². The Kier molecular flexibility index (Phi) is 7.90. The SMILES string of the molecule is CCC(C)(O)CN1CCCCC1.Cc1cc(=O)c(O)c(O)c2c1CC(C)CC2. The van der Waals surface area contributed by atoms with Crippen LogP contribution in [-0.2, 0) is 12.8 Å². The average molecular weight is 392 g/mol. The van der Waals surface area contributed by atoms with E-state index in [9.17, 15) is 20.1 Å². The third-order valence-corrected chi connectivity index (χ3v) is 6.15. The Hall–Kier alpha value is -1.59. The Labute approximate surface area is 169 Å². The fraction of sp³-hybridized carbons (Fsp3) is 0.696. The summed E-state index contributed by atoms with van der Waals surface area (Å²) in [5, 5.41) is 29.2. The topological polar surface area (TPSA) is 81.0 Å². The molecule has 28 heavy (non-hydrogen) atoms. The fourth-order valence-corrected chi connectivity index (χ4v) is 4.10. The minimum Gasteiger partial charge on any atom is -0.504 e. The van der Waals surface area contributed by atoms with Crippen molar-refractivity contribution in [1.29, 1.82) is 0 Å². The number of β-amino-alcohol motifs (C(OH)–C–C–N with tert-alkyl or cyclic N) is 1. The maximum Gasteiger partial charge on any atom is 0.224 e. The van der Waals surface area contributed by atoms with E-state index in [0.717, 1.165) is 48.9 Å². The smallest absolute Gasteiger partial charge is 0.224 e. The molecule has 0 bridgehead atoms. The summed E-state index contributed by atoms with van der Waals surface area (Å²) in [5.74, 6) is -0.177. The summed E-state index contributed by atoms with van der Waals surface area (Å²) in [7, 11) is 0. The van der Waals surface area contributed by atoms with Crippen molar-refractivity contribution in [3.63, 3.8) is 0 Å². The van der Waals surface area contributed by atoms with Crippen LogP contribution in [0.3, 0.4) is 0 Å². The molecule has 0 spiro atoms. The highest BCUT2D eigenvalue weighted by atomic mass is 16.3. The van der Waals surface area contributed by atoms with Gasteiger partial charge in [-0.05, 0) is 88.6 Å². The van der Waals surface area contributed by atoms with Gasteiger partial charge in [0.1, 0.15) is 0 Å². The first-order valence-corrected chi connectivity index (χ1v) is 10.7. The maximum absolute atomic E-state index is 11.5. The van der Waals surface area contributed by atoms with Gasteiger partial charge in [-0.1, -0.05) is 20.3 Å². The molecule has 1 aromatic rings. The van der Waals surface area contributed by atoms with E-state index < -0.39 is 16.8 Å². The number of likely N-dealkylation sites (tertiary alicyclic amines) is 1. The molecule has 1 aromatic carbocycles. The zero-order chi connectivity index (χ0) is 20.9. The lowest BCUT2D eigenvalue weighted by Gasteiger charge is -2.33. The van der Waals surface area contributed by atoms with Crippen molar-refractivity contribution in [2.75, 3.05) is 19.6 Å². The molecule has 5 nitrogen and oxygen atoms in total. The van der Waals surface area contributed by atoms with Crippen molar-refractivity contribution in [3.8, 4) is 11.5 Å². The number of aryl methyl sites for hydroxylation is 1. The van der Waals surface area contributed by atoms with Gasteiger partial charge in [0, 0.05) is 12.1 Å². The summed E-state index contributed by atoms with van der Waals surface area (Å²) in [6, 6.07) is 1.41. The summed E-state index contributed by atoms with van der Waals surface area (Å²) in [6.07, 6.45) is 7.40. The summed E-state index contributed by atoms with van der Waals surface area (Å²) in [4.78, 5) is 13.9. The van der Waals surface area contributed by atoms with E-state index >= 15 is 0 Å². The Morgan fingerprint density at radius 3 is 2.39 bits per heavy atom. The van der Waals surface area contributed by atoms with Crippen LogP contribution in [0, 0.1) is 12.8 Å². The lowest BCUT2D eigenvalue weighted by Crippen LogP contribution is -2.42. The van der Waals surface area contributed by atoms with Crippen molar-refractivity contribution in [2.45, 2.75) is 78.2 Å². The van der Waals surface area contributed by atoms with Crippen LogP contribution in [0.1, 0.15) is 69.6 Å². The van der Waals surface area contributed by atoms with Crippen LogP contribution in [0.4, 0.5) is 0 Å². The lowest BCUT2D eigenvalue weighted by atomic mass is 9.84. The van der Waals surface area contributed by atoms with Crippen LogP contribution in [-0.4, -0.2) is 45.5 Å². The number of hydrogen-bond acceptors (Lipinski definition) is 5. The number of hydrogen-bond donors (Lipinski definition) is 3. The third kappa shape index (κ3) is 5.95. The van der Waals surface area contributed by atoms with Crippen LogP contribution >= 0.6 is 0 Å². The van der Waals surface area contributed by atoms with E-state index in [4.69, 9.17) is 0 Å². The molecule has 0 aromatic heterocycles. The summed E-state index contributed by atoms with van der Waals surface area (Å²) in [6.45, 7) is 11.2. The monoisotopic (exact) mass is 391 g/mol. The van der Waals surface area contributed by atoms with E-state index in [1.165, 1.54) is 38.4 Å². The molecule has 1 saturated heterocycles. The Morgan fingerprint density at radius 2 is 1.79 bits per heavy atom. The van der Waals surface area contributed by atoms with Gasteiger partial charge in [-0.3, -0.25) is 4.79 Å². The van der Waals surface area contributed by atoms with Gasteiger partial charge in [0.25, 0.3) is 0 Å². The van der Waals surface area contributed by atoms with E-state index in [0.29, 0.717) is 5.92 Å². The first kappa shape index (κ1) is 22.7. The molecule has 2 aliphatic rings. The molecule has 3 N–H and O–H groups in total. The molecule has 0 radical (unpaired) electrons. The molecule has 158 valence electrons. The highest BCUT2D eigenvalue weighted by Crippen LogP contribution is 2.35. The lowest BCUT2D eigenvalue weighted by molar-refractivity contribution is 0.0113. The largest absolute Gasteiger partial charge is 0.504 e. The van der Waals surface area contributed by atoms with Crippen LogP contribution in [0.5, 0.6) is 11.5 Å². The van der Waals surface area contributed by atoms with Gasteiger partial charge >= 0.3 is 0 Å². The van der Waals surface area contributed by atoms with Gasteiger partial charge < -0.3 is 20.2 Å². The molecule has 1 fully saturated rings. The van der Waals surface area contributed by atoms with Crippen LogP contribution in [0.25, 0.3) is 0 Å². The molecule has 1 aliphatic heterocycles. The van der Waals surface area contributed by atoms with Crippen LogP contribution < -0.4 is 5.43 Å².